The van der Waals surface area contributed by atoms with Gasteiger partial charge in [0.1, 0.15) is 4.33 Å². The summed E-state index contributed by atoms with van der Waals surface area (Å²) in [6, 6.07) is 14.2. The Morgan fingerprint density at radius 3 is 2.44 bits per heavy atom. The van der Waals surface area contributed by atoms with E-state index in [9.17, 15) is 0 Å². The lowest BCUT2D eigenvalue weighted by Crippen LogP contribution is -2.04. The van der Waals surface area contributed by atoms with Crippen molar-refractivity contribution in [2.45, 2.75) is 21.2 Å². The van der Waals surface area contributed by atoms with Crippen LogP contribution in [-0.2, 0) is 7.05 Å². The molecule has 1 saturated carbocycles. The minimum atomic E-state index is -0.653. The summed E-state index contributed by atoms with van der Waals surface area (Å²) in [6.45, 7) is 0. The first kappa shape index (κ1) is 16.9. The minimum absolute atomic E-state index is 0.143. The zero-order chi connectivity index (χ0) is 17.4. The van der Waals surface area contributed by atoms with Crippen LogP contribution in [0.1, 0.15) is 17.2 Å². The van der Waals surface area contributed by atoms with Gasteiger partial charge in [-0.2, -0.15) is 0 Å². The SMILES string of the molecule is Cn1c(SC(c2ccccc2)C2CC2(Cl)Cl)nnc1-c1ccncc1. The Morgan fingerprint density at radius 2 is 1.80 bits per heavy atom. The van der Waals surface area contributed by atoms with Crippen LogP contribution in [0, 0.1) is 5.92 Å². The molecule has 0 amide bonds. The van der Waals surface area contributed by atoms with Gasteiger partial charge in [-0.1, -0.05) is 42.1 Å². The van der Waals surface area contributed by atoms with E-state index >= 15 is 0 Å². The normalized spacial score (nSPS) is 19.6. The Kier molecular flexibility index (Phi) is 4.48. The fourth-order valence-electron chi connectivity index (χ4n) is 2.87. The Morgan fingerprint density at radius 1 is 1.12 bits per heavy atom. The molecule has 2 aromatic heterocycles. The molecule has 0 saturated heterocycles. The number of nitrogens with zero attached hydrogens (tertiary/aromatic N) is 4. The van der Waals surface area contributed by atoms with E-state index < -0.39 is 4.33 Å². The molecule has 1 aliphatic rings. The number of hydrogen-bond donors (Lipinski definition) is 0. The number of rotatable bonds is 5. The standard InChI is InChI=1S/C18H16Cl2N4S/c1-24-16(13-7-9-21-10-8-13)22-23-17(24)25-15(14-11-18(14,19)20)12-5-3-2-4-6-12/h2-10,14-15H,11H2,1H3. The second kappa shape index (κ2) is 6.63. The van der Waals surface area contributed by atoms with Crippen molar-refractivity contribution in [3.63, 3.8) is 0 Å². The lowest BCUT2D eigenvalue weighted by atomic mass is 10.1. The van der Waals surface area contributed by atoms with E-state index in [4.69, 9.17) is 23.2 Å². The summed E-state index contributed by atoms with van der Waals surface area (Å²) in [5, 5.41) is 9.72. The fraction of sp³-hybridized carbons (Fsp3) is 0.278. The van der Waals surface area contributed by atoms with Crippen molar-refractivity contribution < 1.29 is 0 Å². The molecule has 25 heavy (non-hydrogen) atoms. The van der Waals surface area contributed by atoms with Crippen LogP contribution in [0.25, 0.3) is 11.4 Å². The van der Waals surface area contributed by atoms with E-state index in [0.29, 0.717) is 0 Å². The predicted octanol–water partition coefficient (Wildman–Crippen LogP) is 4.90. The summed E-state index contributed by atoms with van der Waals surface area (Å²) in [4.78, 5) is 4.05. The second-order valence-corrected chi connectivity index (χ2v) is 8.77. The molecule has 0 aliphatic heterocycles. The first-order valence-corrected chi connectivity index (χ1v) is 9.59. The van der Waals surface area contributed by atoms with Crippen molar-refractivity contribution in [2.24, 2.45) is 13.0 Å². The van der Waals surface area contributed by atoms with Gasteiger partial charge in [0.05, 0.1) is 0 Å². The second-order valence-electron chi connectivity index (χ2n) is 6.12. The van der Waals surface area contributed by atoms with Gasteiger partial charge in [0.15, 0.2) is 11.0 Å². The molecule has 1 aliphatic carbocycles. The smallest absolute Gasteiger partial charge is 0.191 e. The van der Waals surface area contributed by atoms with E-state index in [1.54, 1.807) is 24.2 Å². The number of benzene rings is 1. The highest BCUT2D eigenvalue weighted by molar-refractivity contribution is 7.99. The van der Waals surface area contributed by atoms with Crippen LogP contribution in [0.15, 0.2) is 60.0 Å². The maximum atomic E-state index is 6.36. The summed E-state index contributed by atoms with van der Waals surface area (Å²) in [7, 11) is 1.97. The maximum absolute atomic E-state index is 6.36. The highest BCUT2D eigenvalue weighted by Crippen LogP contribution is 2.63. The van der Waals surface area contributed by atoms with Gasteiger partial charge in [0.2, 0.25) is 0 Å². The molecule has 2 atom stereocenters. The van der Waals surface area contributed by atoms with Gasteiger partial charge in [0.25, 0.3) is 0 Å². The quantitative estimate of drug-likeness (QED) is 0.458. The summed E-state index contributed by atoms with van der Waals surface area (Å²) < 4.78 is 1.35. The first-order chi connectivity index (χ1) is 12.1. The Labute approximate surface area is 160 Å². The molecule has 4 rings (SSSR count). The largest absolute Gasteiger partial charge is 0.305 e. The van der Waals surface area contributed by atoms with Crippen molar-refractivity contribution in [2.75, 3.05) is 0 Å². The number of alkyl halides is 2. The van der Waals surface area contributed by atoms with Crippen LogP contribution >= 0.6 is 35.0 Å². The molecule has 0 bridgehead atoms. The van der Waals surface area contributed by atoms with Gasteiger partial charge in [-0.3, -0.25) is 4.98 Å². The molecule has 1 aromatic carbocycles. The predicted molar refractivity (Wildman–Crippen MR) is 102 cm³/mol. The van der Waals surface area contributed by atoms with Gasteiger partial charge in [0, 0.05) is 36.2 Å². The minimum Gasteiger partial charge on any atom is -0.305 e. The third kappa shape index (κ3) is 3.41. The number of halogens is 2. The highest BCUT2D eigenvalue weighted by Gasteiger charge is 2.56. The van der Waals surface area contributed by atoms with Crippen molar-refractivity contribution in [3.8, 4) is 11.4 Å². The summed E-state index contributed by atoms with van der Waals surface area (Å²) in [5.74, 6) is 1.01. The number of hydrogen-bond acceptors (Lipinski definition) is 4. The molecular weight excluding hydrogens is 375 g/mol. The molecule has 1 fully saturated rings. The number of pyridine rings is 1. The zero-order valence-corrected chi connectivity index (χ0v) is 15.8. The first-order valence-electron chi connectivity index (χ1n) is 7.95. The molecule has 7 heteroatoms. The summed E-state index contributed by atoms with van der Waals surface area (Å²) >= 11 is 14.4. The third-order valence-corrected chi connectivity index (χ3v) is 6.66. The van der Waals surface area contributed by atoms with E-state index in [0.717, 1.165) is 23.0 Å². The third-order valence-electron chi connectivity index (χ3n) is 4.37. The molecule has 0 spiro atoms. The zero-order valence-electron chi connectivity index (χ0n) is 13.5. The van der Waals surface area contributed by atoms with Crippen LogP contribution in [0.3, 0.4) is 0 Å². The van der Waals surface area contributed by atoms with Gasteiger partial charge in [-0.05, 0) is 24.1 Å². The van der Waals surface area contributed by atoms with Crippen molar-refractivity contribution >= 4 is 35.0 Å². The average Bonchev–Trinajstić information content (AvgIpc) is 3.11. The van der Waals surface area contributed by atoms with E-state index in [1.165, 1.54) is 5.56 Å². The molecule has 128 valence electrons. The average molecular weight is 391 g/mol. The monoisotopic (exact) mass is 390 g/mol. The van der Waals surface area contributed by atoms with Crippen molar-refractivity contribution in [3.05, 3.63) is 60.4 Å². The van der Waals surface area contributed by atoms with E-state index in [2.05, 4.69) is 27.3 Å². The van der Waals surface area contributed by atoms with Crippen LogP contribution in [0.4, 0.5) is 0 Å². The highest BCUT2D eigenvalue weighted by atomic mass is 35.5. The molecule has 4 nitrogen and oxygen atoms in total. The molecule has 3 aromatic rings. The molecule has 0 radical (unpaired) electrons. The lowest BCUT2D eigenvalue weighted by molar-refractivity contribution is 0.759. The van der Waals surface area contributed by atoms with Crippen molar-refractivity contribution in [1.29, 1.82) is 0 Å². The Bertz CT molecular complexity index is 867. The molecular formula is C18H16Cl2N4S. The van der Waals surface area contributed by atoms with Gasteiger partial charge in [-0.25, -0.2) is 0 Å². The van der Waals surface area contributed by atoms with Gasteiger partial charge >= 0.3 is 0 Å². The maximum Gasteiger partial charge on any atom is 0.191 e. The topological polar surface area (TPSA) is 43.6 Å². The fourth-order valence-corrected chi connectivity index (χ4v) is 4.95. The van der Waals surface area contributed by atoms with E-state index in [1.807, 2.05) is 41.9 Å². The van der Waals surface area contributed by atoms with Crippen LogP contribution in [0.5, 0.6) is 0 Å². The number of thioether (sulfide) groups is 1. The number of aromatic nitrogens is 4. The van der Waals surface area contributed by atoms with Crippen LogP contribution in [-0.4, -0.2) is 24.1 Å². The molecule has 2 heterocycles. The van der Waals surface area contributed by atoms with Gasteiger partial charge < -0.3 is 4.57 Å². The summed E-state index contributed by atoms with van der Waals surface area (Å²) in [6.07, 6.45) is 4.30. The Balaban J connectivity index is 1.64. The summed E-state index contributed by atoms with van der Waals surface area (Å²) in [5.41, 5.74) is 2.19. The molecule has 2 unspecified atom stereocenters. The van der Waals surface area contributed by atoms with E-state index in [-0.39, 0.29) is 11.2 Å². The Hall–Kier alpha value is -1.56. The van der Waals surface area contributed by atoms with Crippen LogP contribution < -0.4 is 0 Å². The lowest BCUT2D eigenvalue weighted by Gasteiger charge is -2.17. The van der Waals surface area contributed by atoms with Gasteiger partial charge in [-0.15, -0.1) is 33.4 Å². The van der Waals surface area contributed by atoms with Crippen molar-refractivity contribution in [1.82, 2.24) is 19.7 Å². The van der Waals surface area contributed by atoms with Crippen LogP contribution in [0.2, 0.25) is 0 Å². The molecule has 0 N–H and O–H groups in total.